The van der Waals surface area contributed by atoms with E-state index in [-0.39, 0.29) is 66.5 Å². The Morgan fingerprint density at radius 3 is 1.92 bits per heavy atom. The minimum Gasteiger partial charge on any atom is -0.489 e. The normalized spacial score (nSPS) is 17.7. The van der Waals surface area contributed by atoms with Crippen molar-refractivity contribution < 1.29 is 57.4 Å². The molecule has 1 aliphatic rings. The van der Waals surface area contributed by atoms with Crippen molar-refractivity contribution in [3.8, 4) is 5.75 Å². The third kappa shape index (κ3) is 10.8. The van der Waals surface area contributed by atoms with Crippen LogP contribution in [0.2, 0.25) is 0 Å². The fourth-order valence-electron chi connectivity index (χ4n) is 5.31. The number of hydrogen-bond donors (Lipinski definition) is 0. The van der Waals surface area contributed by atoms with Gasteiger partial charge in [0.25, 0.3) is 0 Å². The van der Waals surface area contributed by atoms with E-state index in [1.807, 2.05) is 4.90 Å². The van der Waals surface area contributed by atoms with E-state index in [4.69, 9.17) is 9.47 Å². The molecule has 0 amide bonds. The van der Waals surface area contributed by atoms with Crippen molar-refractivity contribution in [1.82, 2.24) is 9.97 Å². The van der Waals surface area contributed by atoms with E-state index in [0.29, 0.717) is 30.9 Å². The summed E-state index contributed by atoms with van der Waals surface area (Å²) in [5.74, 6) is -0.379. The van der Waals surface area contributed by atoms with Gasteiger partial charge in [0.15, 0.2) is 15.6 Å². The summed E-state index contributed by atoms with van der Waals surface area (Å²) in [6.45, 7) is 3.42. The minimum absolute atomic E-state index is 0.00607. The topological polar surface area (TPSA) is 84.9 Å². The SMILES string of the molecule is C[C@@H]1CN(c2ccc(C(F)(F)F)cc2CN(CCc2cc(C(F)(F)F)cc(C(F)(F)F)c2)c2ncc(OCCS(C)(=O)=O)cn2)C[C@H](C)O1. The zero-order valence-corrected chi connectivity index (χ0v) is 27.3. The Morgan fingerprint density at radius 2 is 1.41 bits per heavy atom. The standard InChI is InChI=1S/C31H33F9N4O4S/c1-19-16-44(17-20(2)48-19)27-5-4-23(29(32,33)34)12-22(27)18-43(28-41-14-26(15-42-28)47-8-9-49(3,45)46)7-6-21-10-24(30(35,36)37)13-25(11-21)31(38,39)40/h4-5,10-15,19-20H,6-9,16-18H2,1-3H3/t19-,20+. The molecule has 1 aliphatic heterocycles. The molecule has 4 rings (SSSR count). The van der Waals surface area contributed by atoms with E-state index < -0.39 is 51.5 Å². The second-order valence-corrected chi connectivity index (χ2v) is 14.0. The molecule has 18 heteroatoms. The molecule has 0 bridgehead atoms. The number of rotatable bonds is 11. The summed E-state index contributed by atoms with van der Waals surface area (Å²) in [7, 11) is -3.35. The van der Waals surface area contributed by atoms with E-state index in [9.17, 15) is 47.9 Å². The van der Waals surface area contributed by atoms with Crippen LogP contribution in [0.1, 0.15) is 41.7 Å². The Hall–Kier alpha value is -3.80. The second-order valence-electron chi connectivity index (χ2n) is 11.8. The maximum absolute atomic E-state index is 13.9. The average molecular weight is 729 g/mol. The Labute approximate surface area is 276 Å². The summed E-state index contributed by atoms with van der Waals surface area (Å²) in [6, 6.07) is 4.34. The monoisotopic (exact) mass is 728 g/mol. The Morgan fingerprint density at radius 1 is 0.857 bits per heavy atom. The first-order valence-corrected chi connectivity index (χ1v) is 16.9. The first-order valence-electron chi connectivity index (χ1n) is 14.8. The number of hydrogen-bond acceptors (Lipinski definition) is 8. The van der Waals surface area contributed by atoms with E-state index in [1.54, 1.807) is 13.8 Å². The van der Waals surface area contributed by atoms with Crippen molar-refractivity contribution in [2.75, 3.05) is 48.0 Å². The molecular formula is C31H33F9N4O4S. The number of morpholine rings is 1. The van der Waals surface area contributed by atoms with E-state index in [1.165, 1.54) is 23.4 Å². The lowest BCUT2D eigenvalue weighted by Gasteiger charge is -2.38. The van der Waals surface area contributed by atoms with E-state index in [2.05, 4.69) is 9.97 Å². The average Bonchev–Trinajstić information content (AvgIpc) is 2.97. The molecule has 0 radical (unpaired) electrons. The third-order valence-corrected chi connectivity index (χ3v) is 8.37. The van der Waals surface area contributed by atoms with Gasteiger partial charge in [-0.1, -0.05) is 0 Å². The molecule has 0 aliphatic carbocycles. The molecule has 0 unspecified atom stereocenters. The number of alkyl halides is 9. The minimum atomic E-state index is -5.08. The molecule has 1 saturated heterocycles. The van der Waals surface area contributed by atoms with Crippen LogP contribution in [-0.4, -0.2) is 68.8 Å². The van der Waals surface area contributed by atoms with Crippen LogP contribution < -0.4 is 14.5 Å². The highest BCUT2D eigenvalue weighted by atomic mass is 32.2. The van der Waals surface area contributed by atoms with E-state index in [0.717, 1.165) is 18.4 Å². The van der Waals surface area contributed by atoms with Crippen molar-refractivity contribution in [2.24, 2.45) is 0 Å². The predicted molar refractivity (Wildman–Crippen MR) is 162 cm³/mol. The quantitative estimate of drug-likeness (QED) is 0.199. The highest BCUT2D eigenvalue weighted by molar-refractivity contribution is 7.90. The summed E-state index contributed by atoms with van der Waals surface area (Å²) >= 11 is 0. The highest BCUT2D eigenvalue weighted by Crippen LogP contribution is 2.37. The van der Waals surface area contributed by atoms with Crippen LogP contribution in [0.25, 0.3) is 0 Å². The van der Waals surface area contributed by atoms with Crippen LogP contribution in [0.5, 0.6) is 5.75 Å². The largest absolute Gasteiger partial charge is 0.489 e. The van der Waals surface area contributed by atoms with Gasteiger partial charge in [0, 0.05) is 38.1 Å². The first-order chi connectivity index (χ1) is 22.6. The lowest BCUT2D eigenvalue weighted by atomic mass is 10.0. The van der Waals surface area contributed by atoms with Gasteiger partial charge in [-0.05, 0) is 67.8 Å². The molecule has 2 heterocycles. The number of anilines is 2. The van der Waals surface area contributed by atoms with Gasteiger partial charge in [0.1, 0.15) is 6.61 Å². The van der Waals surface area contributed by atoms with Crippen molar-refractivity contribution in [2.45, 2.75) is 57.5 Å². The lowest BCUT2D eigenvalue weighted by molar-refractivity contribution is -0.143. The molecule has 1 aromatic heterocycles. The van der Waals surface area contributed by atoms with Crippen LogP contribution in [0.15, 0.2) is 48.8 Å². The number of nitrogens with zero attached hydrogens (tertiary/aromatic N) is 4. The third-order valence-electron chi connectivity index (χ3n) is 7.47. The molecule has 0 N–H and O–H groups in total. The first kappa shape index (κ1) is 38.0. The van der Waals surface area contributed by atoms with Gasteiger partial charge in [0.05, 0.1) is 47.0 Å². The number of aromatic nitrogens is 2. The fraction of sp³-hybridized carbons (Fsp3) is 0.484. The predicted octanol–water partition coefficient (Wildman–Crippen LogP) is 6.82. The van der Waals surface area contributed by atoms with Gasteiger partial charge >= 0.3 is 18.5 Å². The number of halogens is 9. The molecule has 8 nitrogen and oxygen atoms in total. The maximum Gasteiger partial charge on any atom is 0.416 e. The lowest BCUT2D eigenvalue weighted by Crippen LogP contribution is -2.46. The summed E-state index contributed by atoms with van der Waals surface area (Å²) in [4.78, 5) is 11.5. The van der Waals surface area contributed by atoms with Gasteiger partial charge < -0.3 is 19.3 Å². The highest BCUT2D eigenvalue weighted by Gasteiger charge is 2.37. The number of ether oxygens (including phenoxy) is 2. The smallest absolute Gasteiger partial charge is 0.416 e. The van der Waals surface area contributed by atoms with Crippen molar-refractivity contribution in [1.29, 1.82) is 0 Å². The fourth-order valence-corrected chi connectivity index (χ4v) is 5.70. The van der Waals surface area contributed by atoms with Crippen molar-refractivity contribution >= 4 is 21.5 Å². The Balaban J connectivity index is 1.74. The Bertz CT molecular complexity index is 1660. The Kier molecular flexibility index (Phi) is 11.3. The van der Waals surface area contributed by atoms with Gasteiger partial charge in [-0.3, -0.25) is 0 Å². The summed E-state index contributed by atoms with van der Waals surface area (Å²) in [6.07, 6.45) is -12.5. The van der Waals surface area contributed by atoms with Crippen LogP contribution in [-0.2, 0) is 46.1 Å². The molecule has 3 aromatic rings. The van der Waals surface area contributed by atoms with Crippen molar-refractivity contribution in [3.05, 3.63) is 76.6 Å². The maximum atomic E-state index is 13.9. The van der Waals surface area contributed by atoms with Gasteiger partial charge in [-0.15, -0.1) is 0 Å². The van der Waals surface area contributed by atoms with Crippen LogP contribution in [0.3, 0.4) is 0 Å². The summed E-state index contributed by atoms with van der Waals surface area (Å²) in [5.41, 5.74) is -3.75. The van der Waals surface area contributed by atoms with Gasteiger partial charge in [-0.2, -0.15) is 39.5 Å². The molecule has 1 fully saturated rings. The molecule has 2 aromatic carbocycles. The summed E-state index contributed by atoms with van der Waals surface area (Å²) in [5, 5.41) is 0. The van der Waals surface area contributed by atoms with Crippen LogP contribution in [0, 0.1) is 0 Å². The van der Waals surface area contributed by atoms with Crippen LogP contribution >= 0.6 is 0 Å². The zero-order valence-electron chi connectivity index (χ0n) is 26.5. The molecule has 0 spiro atoms. The molecule has 0 saturated carbocycles. The molecule has 270 valence electrons. The number of benzene rings is 2. The van der Waals surface area contributed by atoms with E-state index >= 15 is 0 Å². The zero-order chi connectivity index (χ0) is 36.4. The second kappa shape index (κ2) is 14.6. The van der Waals surface area contributed by atoms with Crippen LogP contribution in [0.4, 0.5) is 51.1 Å². The van der Waals surface area contributed by atoms with Crippen molar-refractivity contribution in [3.63, 3.8) is 0 Å². The molecule has 2 atom stereocenters. The molecule has 49 heavy (non-hydrogen) atoms. The number of sulfone groups is 1. The van der Waals surface area contributed by atoms with Gasteiger partial charge in [0.2, 0.25) is 5.95 Å². The summed E-state index contributed by atoms with van der Waals surface area (Å²) < 4.78 is 157. The molecular weight excluding hydrogens is 695 g/mol. The van der Waals surface area contributed by atoms with Gasteiger partial charge in [-0.25, -0.2) is 18.4 Å².